The molecule has 4 nitrogen and oxygen atoms in total. The highest BCUT2D eigenvalue weighted by Gasteiger charge is 2.39. The third-order valence-electron chi connectivity index (χ3n) is 3.48. The van der Waals surface area contributed by atoms with E-state index >= 15 is 0 Å². The van der Waals surface area contributed by atoms with E-state index < -0.39 is 0 Å². The second-order valence-corrected chi connectivity index (χ2v) is 5.10. The van der Waals surface area contributed by atoms with E-state index in [0.717, 1.165) is 17.5 Å². The number of nitriles is 1. The zero-order valence-corrected chi connectivity index (χ0v) is 9.13. The highest BCUT2D eigenvalue weighted by atomic mass is 32.1. The van der Waals surface area contributed by atoms with Gasteiger partial charge in [0.15, 0.2) is 5.82 Å². The first-order valence-corrected chi connectivity index (χ1v) is 5.99. The Morgan fingerprint density at radius 3 is 3.00 bits per heavy atom. The second-order valence-electron chi connectivity index (χ2n) is 4.35. The quantitative estimate of drug-likeness (QED) is 0.780. The number of nitrogen functional groups attached to an aromatic ring is 1. The molecule has 3 rings (SSSR count). The summed E-state index contributed by atoms with van der Waals surface area (Å²) < 4.78 is 4.07. The average Bonchev–Trinajstić information content (AvgIpc) is 2.90. The van der Waals surface area contributed by atoms with Crippen LogP contribution in [0.3, 0.4) is 0 Å². The van der Waals surface area contributed by atoms with Gasteiger partial charge in [-0.3, -0.25) is 0 Å². The number of fused-ring (bicyclic) bond motifs is 2. The fraction of sp³-hybridized carbons (Fsp3) is 0.600. The Morgan fingerprint density at radius 1 is 1.53 bits per heavy atom. The summed E-state index contributed by atoms with van der Waals surface area (Å²) in [4.78, 5) is 2.33. The Hall–Kier alpha value is -1.28. The lowest BCUT2D eigenvalue weighted by Crippen LogP contribution is -2.31. The van der Waals surface area contributed by atoms with Gasteiger partial charge in [-0.15, -0.1) is 0 Å². The third kappa shape index (κ3) is 1.21. The van der Waals surface area contributed by atoms with Gasteiger partial charge in [0.1, 0.15) is 16.6 Å². The summed E-state index contributed by atoms with van der Waals surface area (Å²) in [6.45, 7) is 1.08. The van der Waals surface area contributed by atoms with Crippen molar-refractivity contribution in [1.29, 1.82) is 5.26 Å². The zero-order chi connectivity index (χ0) is 10.4. The van der Waals surface area contributed by atoms with Crippen molar-refractivity contribution < 1.29 is 0 Å². The Bertz CT molecular complexity index is 433. The number of hydrogen-bond donors (Lipinski definition) is 1. The molecule has 78 valence electrons. The van der Waals surface area contributed by atoms with Gasteiger partial charge in [-0.25, -0.2) is 0 Å². The van der Waals surface area contributed by atoms with E-state index in [2.05, 4.69) is 15.3 Å². The van der Waals surface area contributed by atoms with Crippen LogP contribution in [0.25, 0.3) is 0 Å². The summed E-state index contributed by atoms with van der Waals surface area (Å²) in [6, 6.07) is 2.79. The average molecular weight is 220 g/mol. The molecule has 0 radical (unpaired) electrons. The molecule has 5 heteroatoms. The van der Waals surface area contributed by atoms with Crippen LogP contribution in [0.5, 0.6) is 0 Å². The minimum atomic E-state index is 0.389. The molecule has 15 heavy (non-hydrogen) atoms. The Kier molecular flexibility index (Phi) is 1.86. The van der Waals surface area contributed by atoms with Crippen molar-refractivity contribution in [2.75, 3.05) is 17.2 Å². The van der Waals surface area contributed by atoms with Gasteiger partial charge in [0.05, 0.1) is 0 Å². The SMILES string of the molecule is N#Cc1c(N)nsc1N1CC2CCC1C2. The molecule has 1 aliphatic carbocycles. The van der Waals surface area contributed by atoms with E-state index in [1.54, 1.807) is 0 Å². The van der Waals surface area contributed by atoms with E-state index in [4.69, 9.17) is 11.0 Å². The molecule has 1 saturated carbocycles. The molecule has 2 unspecified atom stereocenters. The number of anilines is 2. The van der Waals surface area contributed by atoms with Crippen molar-refractivity contribution in [2.24, 2.45) is 5.92 Å². The van der Waals surface area contributed by atoms with Gasteiger partial charge < -0.3 is 10.6 Å². The predicted molar refractivity (Wildman–Crippen MR) is 59.7 cm³/mol. The van der Waals surface area contributed by atoms with Crippen LogP contribution in [0, 0.1) is 17.2 Å². The van der Waals surface area contributed by atoms with Gasteiger partial charge in [-0.1, -0.05) is 0 Å². The predicted octanol–water partition coefficient (Wildman–Crippen LogP) is 1.59. The van der Waals surface area contributed by atoms with E-state index in [1.165, 1.54) is 30.8 Å². The summed E-state index contributed by atoms with van der Waals surface area (Å²) in [5.74, 6) is 1.21. The summed E-state index contributed by atoms with van der Waals surface area (Å²) in [5.41, 5.74) is 6.24. The first-order chi connectivity index (χ1) is 7.29. The molecule has 2 bridgehead atoms. The lowest BCUT2D eigenvalue weighted by atomic mass is 10.1. The lowest BCUT2D eigenvalue weighted by Gasteiger charge is -2.27. The van der Waals surface area contributed by atoms with Crippen molar-refractivity contribution in [3.05, 3.63) is 5.56 Å². The van der Waals surface area contributed by atoms with Crippen LogP contribution in [0.15, 0.2) is 0 Å². The van der Waals surface area contributed by atoms with Crippen LogP contribution in [0.4, 0.5) is 10.8 Å². The fourth-order valence-electron chi connectivity index (χ4n) is 2.77. The molecule has 0 aromatic carbocycles. The number of nitrogens with two attached hydrogens (primary N) is 1. The van der Waals surface area contributed by atoms with E-state index in [9.17, 15) is 0 Å². The molecular weight excluding hydrogens is 208 g/mol. The normalized spacial score (nSPS) is 28.3. The highest BCUT2D eigenvalue weighted by molar-refractivity contribution is 7.10. The van der Waals surface area contributed by atoms with Crippen LogP contribution in [0.1, 0.15) is 24.8 Å². The first-order valence-electron chi connectivity index (χ1n) is 5.21. The maximum atomic E-state index is 9.03. The van der Waals surface area contributed by atoms with Gasteiger partial charge in [0, 0.05) is 12.6 Å². The first kappa shape index (κ1) is 8.98. The van der Waals surface area contributed by atoms with Crippen molar-refractivity contribution in [3.63, 3.8) is 0 Å². The van der Waals surface area contributed by atoms with E-state index in [-0.39, 0.29) is 0 Å². The van der Waals surface area contributed by atoms with Crippen molar-refractivity contribution in [3.8, 4) is 6.07 Å². The van der Waals surface area contributed by atoms with Crippen LogP contribution >= 0.6 is 11.5 Å². The Labute approximate surface area is 92.5 Å². The largest absolute Gasteiger partial charge is 0.382 e. The summed E-state index contributed by atoms with van der Waals surface area (Å²) >= 11 is 1.37. The van der Waals surface area contributed by atoms with Crippen LogP contribution in [-0.2, 0) is 0 Å². The summed E-state index contributed by atoms with van der Waals surface area (Å²) in [6.07, 6.45) is 3.88. The maximum absolute atomic E-state index is 9.03. The number of rotatable bonds is 1. The van der Waals surface area contributed by atoms with Gasteiger partial charge in [0.25, 0.3) is 0 Å². The molecular formula is C10H12N4S. The van der Waals surface area contributed by atoms with Crippen LogP contribution < -0.4 is 10.6 Å². The van der Waals surface area contributed by atoms with Gasteiger partial charge in [-0.05, 0) is 36.7 Å². The topological polar surface area (TPSA) is 65.9 Å². The standard InChI is InChI=1S/C10H12N4S/c11-4-8-9(12)13-15-10(8)14-5-6-1-2-7(14)3-6/h6-7H,1-3,5H2,(H2,12,13). The minimum absolute atomic E-state index is 0.389. The highest BCUT2D eigenvalue weighted by Crippen LogP contribution is 2.43. The molecule has 2 atom stereocenters. The molecule has 0 spiro atoms. The Morgan fingerprint density at radius 2 is 2.40 bits per heavy atom. The van der Waals surface area contributed by atoms with Crippen molar-refractivity contribution >= 4 is 22.4 Å². The molecule has 1 aromatic rings. The molecule has 1 aromatic heterocycles. The monoisotopic (exact) mass is 220 g/mol. The van der Waals surface area contributed by atoms with Gasteiger partial charge >= 0.3 is 0 Å². The number of nitrogens with zero attached hydrogens (tertiary/aromatic N) is 3. The molecule has 1 saturated heterocycles. The number of hydrogen-bond acceptors (Lipinski definition) is 5. The molecule has 0 amide bonds. The van der Waals surface area contributed by atoms with Gasteiger partial charge in [0.2, 0.25) is 0 Å². The van der Waals surface area contributed by atoms with Crippen LogP contribution in [0.2, 0.25) is 0 Å². The number of piperidine rings is 1. The smallest absolute Gasteiger partial charge is 0.157 e. The lowest BCUT2D eigenvalue weighted by molar-refractivity contribution is 0.555. The van der Waals surface area contributed by atoms with E-state index in [1.807, 2.05) is 0 Å². The minimum Gasteiger partial charge on any atom is -0.382 e. The van der Waals surface area contributed by atoms with E-state index in [0.29, 0.717) is 17.4 Å². The van der Waals surface area contributed by atoms with Crippen molar-refractivity contribution in [1.82, 2.24) is 4.37 Å². The third-order valence-corrected chi connectivity index (χ3v) is 4.38. The Balaban J connectivity index is 1.97. The molecule has 2 N–H and O–H groups in total. The molecule has 2 heterocycles. The van der Waals surface area contributed by atoms with Crippen LogP contribution in [-0.4, -0.2) is 17.0 Å². The number of aromatic nitrogens is 1. The van der Waals surface area contributed by atoms with Gasteiger partial charge in [-0.2, -0.15) is 9.64 Å². The fourth-order valence-corrected chi connectivity index (χ4v) is 3.61. The summed E-state index contributed by atoms with van der Waals surface area (Å²) in [7, 11) is 0. The summed E-state index contributed by atoms with van der Waals surface area (Å²) in [5, 5.41) is 10.0. The molecule has 1 aliphatic heterocycles. The maximum Gasteiger partial charge on any atom is 0.157 e. The zero-order valence-electron chi connectivity index (χ0n) is 8.31. The molecule has 2 aliphatic rings. The molecule has 2 fully saturated rings. The van der Waals surface area contributed by atoms with Crippen molar-refractivity contribution in [2.45, 2.75) is 25.3 Å². The second kappa shape index (κ2) is 3.11.